The van der Waals surface area contributed by atoms with Crippen LogP contribution in [-0.2, 0) is 0 Å². The zero-order valence-electron chi connectivity index (χ0n) is 16.2. The number of anilines is 1. The van der Waals surface area contributed by atoms with E-state index in [2.05, 4.69) is 45.7 Å². The van der Waals surface area contributed by atoms with E-state index in [9.17, 15) is 5.11 Å². The second-order valence-electron chi connectivity index (χ2n) is 8.24. The number of aromatic nitrogens is 2. The van der Waals surface area contributed by atoms with E-state index < -0.39 is 0 Å². The number of likely N-dealkylation sites (N-methyl/N-ethyl adjacent to an activating group) is 1. The molecular weight excluding hydrogens is 348 g/mol. The third-order valence-corrected chi connectivity index (χ3v) is 5.98. The minimum absolute atomic E-state index is 0.290. The lowest BCUT2D eigenvalue weighted by Gasteiger charge is -2.30. The zero-order valence-corrected chi connectivity index (χ0v) is 16.2. The van der Waals surface area contributed by atoms with Crippen molar-refractivity contribution in [3.05, 3.63) is 48.0 Å². The molecule has 5 heteroatoms. The Morgan fingerprint density at radius 3 is 2.61 bits per heavy atom. The summed E-state index contributed by atoms with van der Waals surface area (Å²) in [5.74, 6) is 1.73. The van der Waals surface area contributed by atoms with E-state index in [1.807, 2.05) is 24.3 Å². The molecule has 1 atom stereocenters. The normalized spacial score (nSPS) is 20.4. The number of piperidine rings is 1. The van der Waals surface area contributed by atoms with Gasteiger partial charge in [-0.1, -0.05) is 30.3 Å². The van der Waals surface area contributed by atoms with Gasteiger partial charge in [0.15, 0.2) is 5.82 Å². The monoisotopic (exact) mass is 374 g/mol. The standard InChI is InChI=1S/C23H26N4O/c1-27-12-4-5-17(14-27)24-23-19-7-3-2-6-18(19)22(25-26-23)20-11-10-16(13-21(20)28)15-8-9-15/h2-3,6-7,10-11,13,15,17,28H,4-5,8-9,12,14H2,1H3,(H,24,26). The fraction of sp³-hybridized carbons (Fsp3) is 0.391. The molecule has 1 unspecified atom stereocenters. The molecule has 0 bridgehead atoms. The first-order valence-corrected chi connectivity index (χ1v) is 10.2. The highest BCUT2D eigenvalue weighted by Crippen LogP contribution is 2.43. The van der Waals surface area contributed by atoms with E-state index in [0.717, 1.165) is 47.4 Å². The number of phenolic OH excluding ortho intramolecular Hbond substituents is 1. The summed E-state index contributed by atoms with van der Waals surface area (Å²) in [6.45, 7) is 2.17. The molecule has 1 aliphatic carbocycles. The molecule has 0 amide bonds. The first-order valence-electron chi connectivity index (χ1n) is 10.2. The molecule has 0 radical (unpaired) electrons. The molecular formula is C23H26N4O. The zero-order chi connectivity index (χ0) is 19.1. The summed E-state index contributed by atoms with van der Waals surface area (Å²) in [4.78, 5) is 2.35. The van der Waals surface area contributed by atoms with Gasteiger partial charge in [-0.25, -0.2) is 0 Å². The van der Waals surface area contributed by atoms with Crippen LogP contribution in [0.25, 0.3) is 22.0 Å². The average molecular weight is 374 g/mol. The molecule has 2 aromatic carbocycles. The van der Waals surface area contributed by atoms with Gasteiger partial charge in [0.2, 0.25) is 0 Å². The van der Waals surface area contributed by atoms with Crippen molar-refractivity contribution >= 4 is 16.6 Å². The number of nitrogens with one attached hydrogen (secondary N) is 1. The third kappa shape index (κ3) is 3.31. The van der Waals surface area contributed by atoms with Gasteiger partial charge in [-0.15, -0.1) is 10.2 Å². The van der Waals surface area contributed by atoms with Crippen LogP contribution in [-0.4, -0.2) is 46.4 Å². The Kier molecular flexibility index (Phi) is 4.40. The quantitative estimate of drug-likeness (QED) is 0.709. The Bertz CT molecular complexity index is 1010. The van der Waals surface area contributed by atoms with Crippen molar-refractivity contribution in [3.63, 3.8) is 0 Å². The summed E-state index contributed by atoms with van der Waals surface area (Å²) in [6, 6.07) is 14.6. The molecule has 2 fully saturated rings. The fourth-order valence-corrected chi connectivity index (χ4v) is 4.31. The number of hydrogen-bond donors (Lipinski definition) is 2. The molecule has 2 N–H and O–H groups in total. The Labute approximate surface area is 165 Å². The molecule has 0 spiro atoms. The summed E-state index contributed by atoms with van der Waals surface area (Å²) >= 11 is 0. The van der Waals surface area contributed by atoms with Gasteiger partial charge in [-0.2, -0.15) is 0 Å². The highest BCUT2D eigenvalue weighted by Gasteiger charge is 2.25. The highest BCUT2D eigenvalue weighted by molar-refractivity contribution is 6.00. The summed E-state index contributed by atoms with van der Waals surface area (Å²) in [6.07, 6.45) is 4.78. The van der Waals surface area contributed by atoms with Gasteiger partial charge < -0.3 is 15.3 Å². The third-order valence-electron chi connectivity index (χ3n) is 5.98. The summed E-state index contributed by atoms with van der Waals surface area (Å²) in [5, 5.41) is 25.4. The van der Waals surface area contributed by atoms with Crippen molar-refractivity contribution in [1.82, 2.24) is 15.1 Å². The van der Waals surface area contributed by atoms with Crippen LogP contribution in [0.15, 0.2) is 42.5 Å². The van der Waals surface area contributed by atoms with Crippen LogP contribution in [0.5, 0.6) is 5.75 Å². The summed E-state index contributed by atoms with van der Waals surface area (Å²) in [5.41, 5.74) is 2.71. The second-order valence-corrected chi connectivity index (χ2v) is 8.24. The van der Waals surface area contributed by atoms with Crippen molar-refractivity contribution in [2.45, 2.75) is 37.6 Å². The lowest BCUT2D eigenvalue weighted by atomic mass is 10.0. The SMILES string of the molecule is CN1CCCC(Nc2nnc(-c3ccc(C4CC4)cc3O)c3ccccc23)C1. The minimum Gasteiger partial charge on any atom is -0.507 e. The largest absolute Gasteiger partial charge is 0.507 e. The van der Waals surface area contributed by atoms with Crippen LogP contribution in [0.2, 0.25) is 0 Å². The molecule has 144 valence electrons. The van der Waals surface area contributed by atoms with Crippen molar-refractivity contribution < 1.29 is 5.11 Å². The molecule has 5 rings (SSSR count). The summed E-state index contributed by atoms with van der Waals surface area (Å²) < 4.78 is 0. The Balaban J connectivity index is 1.53. The van der Waals surface area contributed by atoms with Gasteiger partial charge in [-0.3, -0.25) is 0 Å². The maximum absolute atomic E-state index is 10.7. The van der Waals surface area contributed by atoms with E-state index in [4.69, 9.17) is 0 Å². The smallest absolute Gasteiger partial charge is 0.156 e. The maximum Gasteiger partial charge on any atom is 0.156 e. The molecule has 5 nitrogen and oxygen atoms in total. The number of fused-ring (bicyclic) bond motifs is 1. The minimum atomic E-state index is 0.290. The van der Waals surface area contributed by atoms with Crippen molar-refractivity contribution in [2.24, 2.45) is 0 Å². The highest BCUT2D eigenvalue weighted by atomic mass is 16.3. The van der Waals surface area contributed by atoms with E-state index in [0.29, 0.717) is 17.7 Å². The van der Waals surface area contributed by atoms with Crippen molar-refractivity contribution in [2.75, 3.05) is 25.5 Å². The van der Waals surface area contributed by atoms with Gasteiger partial charge in [0, 0.05) is 28.9 Å². The molecule has 1 saturated carbocycles. The Hall–Kier alpha value is -2.66. The molecule has 2 aliphatic rings. The van der Waals surface area contributed by atoms with Gasteiger partial charge >= 0.3 is 0 Å². The number of hydrogen-bond acceptors (Lipinski definition) is 5. The van der Waals surface area contributed by atoms with Crippen LogP contribution in [0.4, 0.5) is 5.82 Å². The second kappa shape index (κ2) is 7.06. The number of aromatic hydroxyl groups is 1. The molecule has 1 saturated heterocycles. The van der Waals surface area contributed by atoms with Crippen LogP contribution < -0.4 is 5.32 Å². The van der Waals surface area contributed by atoms with Gasteiger partial charge in [-0.05, 0) is 62.9 Å². The number of likely N-dealkylation sites (tertiary alicyclic amines) is 1. The van der Waals surface area contributed by atoms with Crippen LogP contribution in [0, 0.1) is 0 Å². The summed E-state index contributed by atoms with van der Waals surface area (Å²) in [7, 11) is 2.16. The first kappa shape index (κ1) is 17.4. The van der Waals surface area contributed by atoms with Crippen LogP contribution in [0.1, 0.15) is 37.2 Å². The average Bonchev–Trinajstić information content (AvgIpc) is 3.54. The molecule has 3 aromatic rings. The topological polar surface area (TPSA) is 61.3 Å². The van der Waals surface area contributed by atoms with E-state index >= 15 is 0 Å². The number of rotatable bonds is 4. The molecule has 1 aromatic heterocycles. The Morgan fingerprint density at radius 2 is 1.86 bits per heavy atom. The van der Waals surface area contributed by atoms with Gasteiger partial charge in [0.25, 0.3) is 0 Å². The fourth-order valence-electron chi connectivity index (χ4n) is 4.31. The molecule has 2 heterocycles. The predicted octanol–water partition coefficient (Wildman–Crippen LogP) is 4.39. The van der Waals surface area contributed by atoms with E-state index in [-0.39, 0.29) is 0 Å². The number of benzene rings is 2. The van der Waals surface area contributed by atoms with Crippen LogP contribution >= 0.6 is 0 Å². The maximum atomic E-state index is 10.7. The van der Waals surface area contributed by atoms with Gasteiger partial charge in [0.1, 0.15) is 11.4 Å². The lowest BCUT2D eigenvalue weighted by molar-refractivity contribution is 0.261. The van der Waals surface area contributed by atoms with Crippen LogP contribution in [0.3, 0.4) is 0 Å². The van der Waals surface area contributed by atoms with Crippen molar-refractivity contribution in [1.29, 1.82) is 0 Å². The molecule has 28 heavy (non-hydrogen) atoms. The van der Waals surface area contributed by atoms with Crippen molar-refractivity contribution in [3.8, 4) is 17.0 Å². The Morgan fingerprint density at radius 1 is 1.04 bits per heavy atom. The molecule has 1 aliphatic heterocycles. The van der Waals surface area contributed by atoms with Gasteiger partial charge in [0.05, 0.1) is 0 Å². The van der Waals surface area contributed by atoms with E-state index in [1.165, 1.54) is 24.8 Å². The first-order chi connectivity index (χ1) is 13.7. The number of nitrogens with zero attached hydrogens (tertiary/aromatic N) is 3. The lowest BCUT2D eigenvalue weighted by Crippen LogP contribution is -2.40. The predicted molar refractivity (Wildman–Crippen MR) is 113 cm³/mol. The number of phenols is 1. The van der Waals surface area contributed by atoms with E-state index in [1.54, 1.807) is 0 Å².